The van der Waals surface area contributed by atoms with Crippen molar-refractivity contribution in [2.75, 3.05) is 20.7 Å². The van der Waals surface area contributed by atoms with Crippen molar-refractivity contribution >= 4 is 11.9 Å². The van der Waals surface area contributed by atoms with Gasteiger partial charge in [-0.2, -0.15) is 0 Å². The van der Waals surface area contributed by atoms with E-state index in [1.54, 1.807) is 0 Å². The molecule has 19 heavy (non-hydrogen) atoms. The maximum absolute atomic E-state index is 13.2. The van der Waals surface area contributed by atoms with Crippen LogP contribution < -0.4 is 4.74 Å². The van der Waals surface area contributed by atoms with Gasteiger partial charge in [-0.15, -0.1) is 0 Å². The molecule has 0 fully saturated rings. The average molecular weight is 269 g/mol. The van der Waals surface area contributed by atoms with E-state index in [0.29, 0.717) is 0 Å². The molecule has 0 saturated heterocycles. The van der Waals surface area contributed by atoms with Crippen LogP contribution in [0.2, 0.25) is 0 Å². The number of carbonyl (C=O) groups is 2. The Morgan fingerprint density at radius 3 is 2.63 bits per heavy atom. The molecular weight excluding hydrogens is 253 g/mol. The van der Waals surface area contributed by atoms with Gasteiger partial charge in [0.1, 0.15) is 0 Å². The molecule has 1 amide bonds. The van der Waals surface area contributed by atoms with Crippen LogP contribution in [0.3, 0.4) is 0 Å². The van der Waals surface area contributed by atoms with Crippen molar-refractivity contribution in [3.8, 4) is 5.75 Å². The number of carbonyl (C=O) groups excluding carboxylic acids is 1. The highest BCUT2D eigenvalue weighted by atomic mass is 19.1. The van der Waals surface area contributed by atoms with Crippen LogP contribution in [0.25, 0.3) is 0 Å². The predicted molar refractivity (Wildman–Crippen MR) is 66.7 cm³/mol. The van der Waals surface area contributed by atoms with Gasteiger partial charge in [-0.3, -0.25) is 9.59 Å². The molecule has 0 radical (unpaired) electrons. The number of hydrogen-bond acceptors (Lipinski definition) is 3. The molecule has 0 aliphatic heterocycles. The van der Waals surface area contributed by atoms with Gasteiger partial charge in [-0.25, -0.2) is 4.39 Å². The summed E-state index contributed by atoms with van der Waals surface area (Å²) in [5.41, 5.74) is 0.248. The third-order valence-electron chi connectivity index (χ3n) is 2.71. The lowest BCUT2D eigenvalue weighted by Gasteiger charge is -2.19. The van der Waals surface area contributed by atoms with Crippen LogP contribution in [0, 0.1) is 11.7 Å². The zero-order valence-corrected chi connectivity index (χ0v) is 11.0. The molecule has 104 valence electrons. The van der Waals surface area contributed by atoms with Crippen molar-refractivity contribution in [3.05, 3.63) is 29.6 Å². The minimum atomic E-state index is -0.976. The Hall–Kier alpha value is -2.11. The summed E-state index contributed by atoms with van der Waals surface area (Å²) in [6.07, 6.45) is 0. The molecule has 1 rings (SSSR count). The van der Waals surface area contributed by atoms with E-state index in [0.717, 1.165) is 6.07 Å². The second kappa shape index (κ2) is 6.17. The summed E-state index contributed by atoms with van der Waals surface area (Å²) < 4.78 is 18.0. The Kier molecular flexibility index (Phi) is 4.86. The fraction of sp³-hybridized carbons (Fsp3) is 0.385. The molecule has 1 aromatic rings. The van der Waals surface area contributed by atoms with Gasteiger partial charge in [0.2, 0.25) is 0 Å². The lowest BCUT2D eigenvalue weighted by molar-refractivity contribution is -0.141. The third kappa shape index (κ3) is 3.67. The SMILES string of the molecule is COc1cc(C(=O)N(C)CC(C)C(=O)O)ccc1F. The molecule has 1 atom stereocenters. The van der Waals surface area contributed by atoms with Crippen molar-refractivity contribution < 1.29 is 23.8 Å². The Bertz CT molecular complexity index is 490. The number of halogens is 1. The molecule has 6 heteroatoms. The van der Waals surface area contributed by atoms with Crippen LogP contribution >= 0.6 is 0 Å². The standard InChI is InChI=1S/C13H16FNO4/c1-8(13(17)18)7-15(2)12(16)9-4-5-10(14)11(6-9)19-3/h4-6,8H,7H2,1-3H3,(H,17,18). The zero-order chi connectivity index (χ0) is 14.6. The van der Waals surface area contributed by atoms with Crippen LogP contribution in [0.4, 0.5) is 4.39 Å². The first-order chi connectivity index (χ1) is 8.86. The summed E-state index contributed by atoms with van der Waals surface area (Å²) in [5.74, 6) is -2.61. The summed E-state index contributed by atoms with van der Waals surface area (Å²) in [7, 11) is 2.81. The van der Waals surface area contributed by atoms with Crippen LogP contribution in [0.15, 0.2) is 18.2 Å². The lowest BCUT2D eigenvalue weighted by Crippen LogP contribution is -2.33. The van der Waals surface area contributed by atoms with Crippen LogP contribution in [0.1, 0.15) is 17.3 Å². The fourth-order valence-electron chi connectivity index (χ4n) is 1.59. The van der Waals surface area contributed by atoms with Gasteiger partial charge >= 0.3 is 5.97 Å². The van der Waals surface area contributed by atoms with Gasteiger partial charge in [0, 0.05) is 19.2 Å². The molecule has 0 heterocycles. The van der Waals surface area contributed by atoms with Crippen LogP contribution in [-0.4, -0.2) is 42.6 Å². The summed E-state index contributed by atoms with van der Waals surface area (Å²) >= 11 is 0. The van der Waals surface area contributed by atoms with Crippen molar-refractivity contribution in [1.82, 2.24) is 4.90 Å². The van der Waals surface area contributed by atoms with E-state index >= 15 is 0 Å². The number of nitrogens with zero attached hydrogens (tertiary/aromatic N) is 1. The van der Waals surface area contributed by atoms with Crippen LogP contribution in [-0.2, 0) is 4.79 Å². The highest BCUT2D eigenvalue weighted by molar-refractivity contribution is 5.94. The normalized spacial score (nSPS) is 11.8. The first kappa shape index (κ1) is 14.9. The second-order valence-corrected chi connectivity index (χ2v) is 4.27. The van der Waals surface area contributed by atoms with Gasteiger partial charge in [0.25, 0.3) is 5.91 Å². The van der Waals surface area contributed by atoms with E-state index in [-0.39, 0.29) is 23.8 Å². The van der Waals surface area contributed by atoms with E-state index in [9.17, 15) is 14.0 Å². The molecule has 1 aromatic carbocycles. The summed E-state index contributed by atoms with van der Waals surface area (Å²) in [6, 6.07) is 3.77. The van der Waals surface area contributed by atoms with Gasteiger partial charge in [0.15, 0.2) is 11.6 Å². The van der Waals surface area contributed by atoms with E-state index in [1.165, 1.54) is 38.1 Å². The van der Waals surface area contributed by atoms with Gasteiger partial charge in [-0.1, -0.05) is 6.92 Å². The maximum atomic E-state index is 13.2. The molecule has 5 nitrogen and oxygen atoms in total. The van der Waals surface area contributed by atoms with E-state index in [1.807, 2.05) is 0 Å². The highest BCUT2D eigenvalue weighted by Gasteiger charge is 2.19. The number of hydrogen-bond donors (Lipinski definition) is 1. The Labute approximate surface area is 110 Å². The minimum absolute atomic E-state index is 0.0227. The lowest BCUT2D eigenvalue weighted by atomic mass is 10.1. The van der Waals surface area contributed by atoms with E-state index in [4.69, 9.17) is 9.84 Å². The quantitative estimate of drug-likeness (QED) is 0.882. The number of carboxylic acid groups (broad SMARTS) is 1. The molecule has 1 unspecified atom stereocenters. The number of benzene rings is 1. The zero-order valence-electron chi connectivity index (χ0n) is 11.0. The molecule has 0 bridgehead atoms. The Morgan fingerprint density at radius 2 is 2.11 bits per heavy atom. The van der Waals surface area contributed by atoms with Crippen molar-refractivity contribution in [2.45, 2.75) is 6.92 Å². The average Bonchev–Trinajstić information content (AvgIpc) is 2.38. The molecule has 0 saturated carbocycles. The first-order valence-electron chi connectivity index (χ1n) is 5.68. The predicted octanol–water partition coefficient (Wildman–Crippen LogP) is 1.63. The number of methoxy groups -OCH3 is 1. The van der Waals surface area contributed by atoms with Crippen LogP contribution in [0.5, 0.6) is 5.75 Å². The second-order valence-electron chi connectivity index (χ2n) is 4.27. The van der Waals surface area contributed by atoms with Crippen molar-refractivity contribution in [2.24, 2.45) is 5.92 Å². The highest BCUT2D eigenvalue weighted by Crippen LogP contribution is 2.19. The summed E-state index contributed by atoms with van der Waals surface area (Å²) in [4.78, 5) is 24.1. The number of carboxylic acids is 1. The van der Waals surface area contributed by atoms with Crippen molar-refractivity contribution in [1.29, 1.82) is 0 Å². The molecule has 0 aliphatic carbocycles. The van der Waals surface area contributed by atoms with Gasteiger partial charge in [0.05, 0.1) is 13.0 Å². The molecule has 1 N–H and O–H groups in total. The maximum Gasteiger partial charge on any atom is 0.308 e. The minimum Gasteiger partial charge on any atom is -0.494 e. The van der Waals surface area contributed by atoms with Gasteiger partial charge < -0.3 is 14.7 Å². The number of rotatable bonds is 5. The molecule has 0 aliphatic rings. The molecule has 0 spiro atoms. The number of aliphatic carboxylic acids is 1. The van der Waals surface area contributed by atoms with Gasteiger partial charge in [-0.05, 0) is 18.2 Å². The third-order valence-corrected chi connectivity index (χ3v) is 2.71. The summed E-state index contributed by atoms with van der Waals surface area (Å²) in [6.45, 7) is 1.59. The smallest absolute Gasteiger partial charge is 0.308 e. The van der Waals surface area contributed by atoms with Crippen molar-refractivity contribution in [3.63, 3.8) is 0 Å². The largest absolute Gasteiger partial charge is 0.494 e. The Morgan fingerprint density at radius 1 is 1.47 bits per heavy atom. The topological polar surface area (TPSA) is 66.8 Å². The molecule has 0 aromatic heterocycles. The fourth-order valence-corrected chi connectivity index (χ4v) is 1.59. The monoisotopic (exact) mass is 269 g/mol. The van der Waals surface area contributed by atoms with E-state index < -0.39 is 17.7 Å². The Balaban J connectivity index is 2.85. The first-order valence-corrected chi connectivity index (χ1v) is 5.68. The number of amides is 1. The van der Waals surface area contributed by atoms with E-state index in [2.05, 4.69) is 0 Å². The molecular formula is C13H16FNO4. The number of ether oxygens (including phenoxy) is 1. The summed E-state index contributed by atoms with van der Waals surface area (Å²) in [5, 5.41) is 8.79.